The van der Waals surface area contributed by atoms with Gasteiger partial charge in [0, 0.05) is 30.5 Å². The van der Waals surface area contributed by atoms with E-state index in [0.717, 1.165) is 37.7 Å². The number of hydrogen-bond acceptors (Lipinski definition) is 6. The number of halogens is 3. The first-order chi connectivity index (χ1) is 14.8. The molecule has 31 heavy (non-hydrogen) atoms. The number of nitrogens with one attached hydrogen (secondary N) is 1. The molecule has 0 radical (unpaired) electrons. The summed E-state index contributed by atoms with van der Waals surface area (Å²) in [5.74, 6) is 1.55. The van der Waals surface area contributed by atoms with Crippen molar-refractivity contribution in [2.24, 2.45) is 5.92 Å². The van der Waals surface area contributed by atoms with Crippen LogP contribution in [0.1, 0.15) is 42.9 Å². The van der Waals surface area contributed by atoms with Gasteiger partial charge in [0.05, 0.1) is 5.69 Å². The Morgan fingerprint density at radius 1 is 1.19 bits per heavy atom. The minimum atomic E-state index is -4.45. The van der Waals surface area contributed by atoms with Gasteiger partial charge in [-0.2, -0.15) is 13.2 Å². The van der Waals surface area contributed by atoms with Gasteiger partial charge >= 0.3 is 6.18 Å². The van der Waals surface area contributed by atoms with E-state index in [1.807, 2.05) is 12.1 Å². The quantitative estimate of drug-likeness (QED) is 0.747. The van der Waals surface area contributed by atoms with Gasteiger partial charge < -0.3 is 14.8 Å². The molecular weight excluding hydrogens is 409 g/mol. The summed E-state index contributed by atoms with van der Waals surface area (Å²) < 4.78 is 50.2. The fraction of sp³-hybridized carbons (Fsp3) is 0.545. The number of aryl methyl sites for hydroxylation is 1. The normalized spacial score (nSPS) is 20.4. The molecule has 0 amide bonds. The zero-order valence-electron chi connectivity index (χ0n) is 17.7. The van der Waals surface area contributed by atoms with Gasteiger partial charge in [0.2, 0.25) is 0 Å². The molecule has 2 atom stereocenters. The predicted octanol–water partition coefficient (Wildman–Crippen LogP) is 4.46. The van der Waals surface area contributed by atoms with Crippen LogP contribution in [0, 0.1) is 12.8 Å². The number of rotatable bonds is 5. The Kier molecular flexibility index (Phi) is 6.22. The molecule has 2 aromatic rings. The van der Waals surface area contributed by atoms with E-state index in [1.165, 1.54) is 0 Å². The highest BCUT2D eigenvalue weighted by Crippen LogP contribution is 2.33. The van der Waals surface area contributed by atoms with Gasteiger partial charge in [-0.05, 0) is 63.4 Å². The van der Waals surface area contributed by atoms with Crippen LogP contribution in [0.25, 0.3) is 0 Å². The molecular formula is C22H27F3N4O2. The van der Waals surface area contributed by atoms with Crippen molar-refractivity contribution in [2.45, 2.75) is 38.9 Å². The molecule has 2 aliphatic rings. The van der Waals surface area contributed by atoms with Gasteiger partial charge in [-0.3, -0.25) is 4.90 Å². The van der Waals surface area contributed by atoms with Crippen LogP contribution < -0.4 is 14.8 Å². The number of nitrogens with zero attached hydrogens (tertiary/aromatic N) is 3. The summed E-state index contributed by atoms with van der Waals surface area (Å²) in [6.07, 6.45) is -2.39. The third kappa shape index (κ3) is 5.20. The van der Waals surface area contributed by atoms with Crippen molar-refractivity contribution in [1.29, 1.82) is 0 Å². The predicted molar refractivity (Wildman–Crippen MR) is 110 cm³/mol. The molecule has 168 valence electrons. The van der Waals surface area contributed by atoms with Crippen LogP contribution in [0.15, 0.2) is 24.3 Å². The fourth-order valence-corrected chi connectivity index (χ4v) is 4.16. The highest BCUT2D eigenvalue weighted by atomic mass is 19.4. The molecule has 0 bridgehead atoms. The molecule has 2 aliphatic heterocycles. The Morgan fingerprint density at radius 3 is 2.81 bits per heavy atom. The molecule has 4 heterocycles. The smallest absolute Gasteiger partial charge is 0.433 e. The topological polar surface area (TPSA) is 59.5 Å². The number of piperidine rings is 1. The van der Waals surface area contributed by atoms with Crippen LogP contribution in [0.3, 0.4) is 0 Å². The van der Waals surface area contributed by atoms with E-state index in [2.05, 4.69) is 27.1 Å². The van der Waals surface area contributed by atoms with Gasteiger partial charge in [-0.25, -0.2) is 9.97 Å². The summed E-state index contributed by atoms with van der Waals surface area (Å²) in [5.41, 5.74) is 0.871. The number of ether oxygens (including phenoxy) is 2. The SMILES string of the molecule is Cc1cc(NCC2CCCN([C@@H](C)c3ccc4c(n3)OCCO4)C2)cc(C(F)(F)F)n1. The van der Waals surface area contributed by atoms with Crippen molar-refractivity contribution in [2.75, 3.05) is 38.2 Å². The van der Waals surface area contributed by atoms with Crippen molar-refractivity contribution in [3.8, 4) is 11.6 Å². The monoisotopic (exact) mass is 436 g/mol. The highest BCUT2D eigenvalue weighted by molar-refractivity contribution is 5.46. The second kappa shape index (κ2) is 8.90. The number of aromatic nitrogens is 2. The Morgan fingerprint density at radius 2 is 2.00 bits per heavy atom. The first-order valence-electron chi connectivity index (χ1n) is 10.6. The van der Waals surface area contributed by atoms with Gasteiger partial charge in [-0.15, -0.1) is 0 Å². The number of likely N-dealkylation sites (tertiary alicyclic amines) is 1. The first kappa shape index (κ1) is 21.7. The standard InChI is InChI=1S/C22H27F3N4O2/c1-14-10-17(11-20(27-14)22(23,24)25)26-12-16-4-3-7-29(13-16)15(2)18-5-6-19-21(28-18)31-9-8-30-19/h5-6,10-11,15-16H,3-4,7-9,12-13H2,1-2H3,(H,26,27)/t15-,16?/m0/s1. The molecule has 1 fully saturated rings. The van der Waals surface area contributed by atoms with Gasteiger partial charge in [-0.1, -0.05) is 0 Å². The van der Waals surface area contributed by atoms with E-state index in [1.54, 1.807) is 13.0 Å². The van der Waals surface area contributed by atoms with Crippen molar-refractivity contribution < 1.29 is 22.6 Å². The minimum absolute atomic E-state index is 0.110. The van der Waals surface area contributed by atoms with Crippen molar-refractivity contribution in [3.05, 3.63) is 41.3 Å². The Labute approximate surface area is 179 Å². The lowest BCUT2D eigenvalue weighted by molar-refractivity contribution is -0.141. The van der Waals surface area contributed by atoms with Crippen LogP contribution in [0.2, 0.25) is 0 Å². The average Bonchev–Trinajstić information content (AvgIpc) is 2.76. The summed E-state index contributed by atoms with van der Waals surface area (Å²) >= 11 is 0. The molecule has 0 spiro atoms. The molecule has 1 N–H and O–H groups in total. The largest absolute Gasteiger partial charge is 0.484 e. The minimum Gasteiger partial charge on any atom is -0.484 e. The second-order valence-corrected chi connectivity index (χ2v) is 8.18. The number of anilines is 1. The summed E-state index contributed by atoms with van der Waals surface area (Å²) in [6.45, 7) is 7.14. The molecule has 9 heteroatoms. The van der Waals surface area contributed by atoms with E-state index < -0.39 is 11.9 Å². The number of pyridine rings is 2. The number of fused-ring (bicyclic) bond motifs is 1. The summed E-state index contributed by atoms with van der Waals surface area (Å²) in [7, 11) is 0. The summed E-state index contributed by atoms with van der Waals surface area (Å²) in [5, 5.41) is 3.19. The first-order valence-corrected chi connectivity index (χ1v) is 10.6. The molecule has 0 aliphatic carbocycles. The zero-order valence-corrected chi connectivity index (χ0v) is 17.7. The molecule has 4 rings (SSSR count). The lowest BCUT2D eigenvalue weighted by Crippen LogP contribution is -2.39. The van der Waals surface area contributed by atoms with E-state index in [9.17, 15) is 13.2 Å². The number of alkyl halides is 3. The molecule has 0 saturated carbocycles. The van der Waals surface area contributed by atoms with Crippen LogP contribution >= 0.6 is 0 Å². The lowest BCUT2D eigenvalue weighted by atomic mass is 9.96. The van der Waals surface area contributed by atoms with Crippen LogP contribution in [0.4, 0.5) is 18.9 Å². The highest BCUT2D eigenvalue weighted by Gasteiger charge is 2.33. The maximum Gasteiger partial charge on any atom is 0.433 e. The third-order valence-corrected chi connectivity index (χ3v) is 5.79. The van der Waals surface area contributed by atoms with Crippen molar-refractivity contribution >= 4 is 5.69 Å². The van der Waals surface area contributed by atoms with E-state index >= 15 is 0 Å². The fourth-order valence-electron chi connectivity index (χ4n) is 4.16. The average molecular weight is 436 g/mol. The van der Waals surface area contributed by atoms with Gasteiger partial charge in [0.15, 0.2) is 5.75 Å². The molecule has 2 aromatic heterocycles. The number of hydrogen-bond donors (Lipinski definition) is 1. The lowest BCUT2D eigenvalue weighted by Gasteiger charge is -2.37. The maximum atomic E-state index is 13.0. The summed E-state index contributed by atoms with van der Waals surface area (Å²) in [4.78, 5) is 10.6. The van der Waals surface area contributed by atoms with Crippen LogP contribution in [-0.4, -0.2) is 47.7 Å². The third-order valence-electron chi connectivity index (χ3n) is 5.79. The second-order valence-electron chi connectivity index (χ2n) is 8.18. The molecule has 1 saturated heterocycles. The zero-order chi connectivity index (χ0) is 22.0. The molecule has 0 aromatic carbocycles. The van der Waals surface area contributed by atoms with Gasteiger partial charge in [0.25, 0.3) is 5.88 Å². The molecule has 1 unspecified atom stereocenters. The Hall–Kier alpha value is -2.55. The maximum absolute atomic E-state index is 13.0. The van der Waals surface area contributed by atoms with Crippen molar-refractivity contribution in [1.82, 2.24) is 14.9 Å². The summed E-state index contributed by atoms with van der Waals surface area (Å²) in [6, 6.07) is 6.71. The molecule has 6 nitrogen and oxygen atoms in total. The van der Waals surface area contributed by atoms with Crippen LogP contribution in [-0.2, 0) is 6.18 Å². The Balaban J connectivity index is 1.38. The van der Waals surface area contributed by atoms with Crippen LogP contribution in [0.5, 0.6) is 11.6 Å². The van der Waals surface area contributed by atoms with E-state index in [0.29, 0.717) is 48.7 Å². The van der Waals surface area contributed by atoms with E-state index in [4.69, 9.17) is 9.47 Å². The van der Waals surface area contributed by atoms with Crippen molar-refractivity contribution in [3.63, 3.8) is 0 Å². The van der Waals surface area contributed by atoms with Gasteiger partial charge in [0.1, 0.15) is 18.9 Å². The van der Waals surface area contributed by atoms with E-state index in [-0.39, 0.29) is 6.04 Å². The Bertz CT molecular complexity index is 922.